The summed E-state index contributed by atoms with van der Waals surface area (Å²) in [6, 6.07) is 0.279. The standard InChI is InChI=1S/C17H34N2O/c1-3-4-5-6-7-8-9-12-17(20)19-13-10-11-15(2)16(19)14-18/h15-16H,3-14,18H2,1-2H3. The molecule has 3 nitrogen and oxygen atoms in total. The molecule has 1 aliphatic rings. The van der Waals surface area contributed by atoms with Crippen molar-refractivity contribution in [2.75, 3.05) is 13.1 Å². The van der Waals surface area contributed by atoms with Crippen molar-refractivity contribution in [2.45, 2.75) is 84.1 Å². The molecule has 0 spiro atoms. The van der Waals surface area contributed by atoms with Crippen LogP contribution in [0.1, 0.15) is 78.1 Å². The van der Waals surface area contributed by atoms with Crippen molar-refractivity contribution in [1.29, 1.82) is 0 Å². The lowest BCUT2D eigenvalue weighted by Gasteiger charge is -2.39. The van der Waals surface area contributed by atoms with Crippen molar-refractivity contribution < 1.29 is 4.79 Å². The largest absolute Gasteiger partial charge is 0.338 e. The van der Waals surface area contributed by atoms with Crippen molar-refractivity contribution in [3.05, 3.63) is 0 Å². The molecule has 2 N–H and O–H groups in total. The molecule has 3 heteroatoms. The summed E-state index contributed by atoms with van der Waals surface area (Å²) in [7, 11) is 0. The summed E-state index contributed by atoms with van der Waals surface area (Å²) in [6.07, 6.45) is 11.9. The van der Waals surface area contributed by atoms with Gasteiger partial charge in [-0.25, -0.2) is 0 Å². The molecule has 0 bridgehead atoms. The van der Waals surface area contributed by atoms with Crippen LogP contribution in [0.15, 0.2) is 0 Å². The third kappa shape index (κ3) is 5.82. The van der Waals surface area contributed by atoms with Crippen LogP contribution < -0.4 is 5.73 Å². The van der Waals surface area contributed by atoms with Crippen LogP contribution in [0.25, 0.3) is 0 Å². The Kier molecular flexibility index (Phi) is 8.92. The van der Waals surface area contributed by atoms with E-state index in [-0.39, 0.29) is 6.04 Å². The predicted octanol–water partition coefficient (Wildman–Crippen LogP) is 3.71. The summed E-state index contributed by atoms with van der Waals surface area (Å²) >= 11 is 0. The van der Waals surface area contributed by atoms with E-state index in [1.165, 1.54) is 44.9 Å². The molecule has 2 unspecified atom stereocenters. The highest BCUT2D eigenvalue weighted by atomic mass is 16.2. The van der Waals surface area contributed by atoms with Gasteiger partial charge in [-0.05, 0) is 25.2 Å². The summed E-state index contributed by atoms with van der Waals surface area (Å²) in [5.74, 6) is 0.896. The van der Waals surface area contributed by atoms with Crippen LogP contribution in [-0.4, -0.2) is 29.9 Å². The highest BCUT2D eigenvalue weighted by Crippen LogP contribution is 2.23. The maximum Gasteiger partial charge on any atom is 0.222 e. The van der Waals surface area contributed by atoms with Gasteiger partial charge < -0.3 is 10.6 Å². The predicted molar refractivity (Wildman–Crippen MR) is 85.6 cm³/mol. The van der Waals surface area contributed by atoms with Gasteiger partial charge in [0.25, 0.3) is 0 Å². The second kappa shape index (κ2) is 10.2. The molecule has 0 saturated carbocycles. The first-order chi connectivity index (χ1) is 9.70. The number of hydrogen-bond acceptors (Lipinski definition) is 2. The number of nitrogens with two attached hydrogens (primary N) is 1. The van der Waals surface area contributed by atoms with Crippen LogP contribution in [0.2, 0.25) is 0 Å². The average Bonchev–Trinajstić information content (AvgIpc) is 2.45. The molecule has 1 fully saturated rings. The number of carbonyl (C=O) groups is 1. The number of rotatable bonds is 9. The van der Waals surface area contributed by atoms with Crippen molar-refractivity contribution >= 4 is 5.91 Å². The van der Waals surface area contributed by atoms with Gasteiger partial charge >= 0.3 is 0 Å². The lowest BCUT2D eigenvalue weighted by Crippen LogP contribution is -2.51. The fraction of sp³-hybridized carbons (Fsp3) is 0.941. The first-order valence-corrected chi connectivity index (χ1v) is 8.70. The molecule has 1 rings (SSSR count). The molecule has 0 aromatic carbocycles. The maximum absolute atomic E-state index is 12.3. The molecule has 0 radical (unpaired) electrons. The van der Waals surface area contributed by atoms with E-state index in [1.54, 1.807) is 0 Å². The zero-order valence-electron chi connectivity index (χ0n) is 13.6. The van der Waals surface area contributed by atoms with Crippen LogP contribution in [0.5, 0.6) is 0 Å². The van der Waals surface area contributed by atoms with Crippen LogP contribution in [-0.2, 0) is 4.79 Å². The molecule has 1 saturated heterocycles. The summed E-state index contributed by atoms with van der Waals surface area (Å²) in [5, 5.41) is 0. The number of hydrogen-bond donors (Lipinski definition) is 1. The maximum atomic E-state index is 12.3. The van der Waals surface area contributed by atoms with E-state index >= 15 is 0 Å². The fourth-order valence-electron chi connectivity index (χ4n) is 3.30. The Morgan fingerprint density at radius 3 is 2.45 bits per heavy atom. The van der Waals surface area contributed by atoms with E-state index in [4.69, 9.17) is 5.73 Å². The van der Waals surface area contributed by atoms with Gasteiger partial charge in [-0.3, -0.25) is 4.79 Å². The minimum absolute atomic E-state index is 0.279. The van der Waals surface area contributed by atoms with Crippen molar-refractivity contribution in [1.82, 2.24) is 4.90 Å². The summed E-state index contributed by atoms with van der Waals surface area (Å²) < 4.78 is 0. The summed E-state index contributed by atoms with van der Waals surface area (Å²) in [6.45, 7) is 6.00. The third-order valence-electron chi connectivity index (χ3n) is 4.67. The smallest absolute Gasteiger partial charge is 0.222 e. The Labute approximate surface area is 125 Å². The SMILES string of the molecule is CCCCCCCCCC(=O)N1CCCC(C)C1CN. The van der Waals surface area contributed by atoms with Gasteiger partial charge in [-0.1, -0.05) is 52.4 Å². The van der Waals surface area contributed by atoms with Gasteiger partial charge in [-0.2, -0.15) is 0 Å². The van der Waals surface area contributed by atoms with E-state index in [9.17, 15) is 4.79 Å². The Morgan fingerprint density at radius 2 is 1.80 bits per heavy atom. The third-order valence-corrected chi connectivity index (χ3v) is 4.67. The first kappa shape index (κ1) is 17.5. The summed E-state index contributed by atoms with van der Waals surface area (Å²) in [4.78, 5) is 14.4. The Bertz CT molecular complexity index is 268. The normalized spacial score (nSPS) is 23.1. The number of unbranched alkanes of at least 4 members (excludes halogenated alkanes) is 6. The van der Waals surface area contributed by atoms with Gasteiger partial charge in [0.1, 0.15) is 0 Å². The lowest BCUT2D eigenvalue weighted by atomic mass is 9.90. The Morgan fingerprint density at radius 1 is 1.15 bits per heavy atom. The van der Waals surface area contributed by atoms with E-state index in [0.717, 1.165) is 25.8 Å². The monoisotopic (exact) mass is 282 g/mol. The van der Waals surface area contributed by atoms with E-state index < -0.39 is 0 Å². The van der Waals surface area contributed by atoms with E-state index in [0.29, 0.717) is 18.4 Å². The van der Waals surface area contributed by atoms with Crippen LogP contribution in [0.3, 0.4) is 0 Å². The van der Waals surface area contributed by atoms with E-state index in [1.807, 2.05) is 0 Å². The summed E-state index contributed by atoms with van der Waals surface area (Å²) in [5.41, 5.74) is 5.85. The van der Waals surface area contributed by atoms with Gasteiger partial charge in [0, 0.05) is 25.6 Å². The molecule has 118 valence electrons. The molecule has 1 aliphatic heterocycles. The van der Waals surface area contributed by atoms with Crippen molar-refractivity contribution in [3.8, 4) is 0 Å². The molecular formula is C17H34N2O. The van der Waals surface area contributed by atoms with Crippen molar-refractivity contribution in [3.63, 3.8) is 0 Å². The average molecular weight is 282 g/mol. The van der Waals surface area contributed by atoms with Crippen LogP contribution >= 0.6 is 0 Å². The van der Waals surface area contributed by atoms with Crippen molar-refractivity contribution in [2.24, 2.45) is 11.7 Å². The van der Waals surface area contributed by atoms with E-state index in [2.05, 4.69) is 18.7 Å². The van der Waals surface area contributed by atoms with Crippen LogP contribution in [0.4, 0.5) is 0 Å². The fourth-order valence-corrected chi connectivity index (χ4v) is 3.30. The molecule has 2 atom stereocenters. The Balaban J connectivity index is 2.18. The van der Waals surface area contributed by atoms with Gasteiger partial charge in [0.15, 0.2) is 0 Å². The molecule has 0 aromatic heterocycles. The molecule has 0 aliphatic carbocycles. The topological polar surface area (TPSA) is 46.3 Å². The molecule has 1 heterocycles. The molecular weight excluding hydrogens is 248 g/mol. The van der Waals surface area contributed by atoms with Gasteiger partial charge in [0.2, 0.25) is 5.91 Å². The first-order valence-electron chi connectivity index (χ1n) is 8.70. The zero-order chi connectivity index (χ0) is 14.8. The second-order valence-corrected chi connectivity index (χ2v) is 6.38. The molecule has 20 heavy (non-hydrogen) atoms. The number of carbonyl (C=O) groups excluding carboxylic acids is 1. The van der Waals surface area contributed by atoms with Crippen LogP contribution in [0, 0.1) is 5.92 Å². The molecule has 0 aromatic rings. The number of piperidine rings is 1. The number of likely N-dealkylation sites (tertiary alicyclic amines) is 1. The number of nitrogens with zero attached hydrogens (tertiary/aromatic N) is 1. The molecule has 1 amide bonds. The highest BCUT2D eigenvalue weighted by molar-refractivity contribution is 5.76. The Hall–Kier alpha value is -0.570. The lowest BCUT2D eigenvalue weighted by molar-refractivity contribution is -0.136. The quantitative estimate of drug-likeness (QED) is 0.655. The number of amides is 1. The van der Waals surface area contributed by atoms with Gasteiger partial charge in [0.05, 0.1) is 0 Å². The zero-order valence-corrected chi connectivity index (χ0v) is 13.6. The van der Waals surface area contributed by atoms with Gasteiger partial charge in [-0.15, -0.1) is 0 Å². The minimum atomic E-state index is 0.279. The highest BCUT2D eigenvalue weighted by Gasteiger charge is 2.30. The second-order valence-electron chi connectivity index (χ2n) is 6.38. The minimum Gasteiger partial charge on any atom is -0.338 e.